The number of carbonyl (C=O) groups excluding carboxylic acids is 2. The highest BCUT2D eigenvalue weighted by molar-refractivity contribution is 8.18. The van der Waals surface area contributed by atoms with E-state index in [9.17, 15) is 9.59 Å². The summed E-state index contributed by atoms with van der Waals surface area (Å²) in [5.74, 6) is -0.237. The first kappa shape index (κ1) is 14.9. The van der Waals surface area contributed by atoms with E-state index < -0.39 is 0 Å². The molecule has 2 aliphatic heterocycles. The first-order chi connectivity index (χ1) is 10.7. The summed E-state index contributed by atoms with van der Waals surface area (Å²) in [6.45, 7) is 6.05. The number of amides is 2. The molecule has 0 aliphatic carbocycles. The van der Waals surface area contributed by atoms with Gasteiger partial charge in [0.25, 0.3) is 11.1 Å². The summed E-state index contributed by atoms with van der Waals surface area (Å²) in [6, 6.07) is 8.14. The molecule has 114 valence electrons. The summed E-state index contributed by atoms with van der Waals surface area (Å²) in [4.78, 5) is 28.0. The molecule has 22 heavy (non-hydrogen) atoms. The Kier molecular flexibility index (Phi) is 4.34. The van der Waals surface area contributed by atoms with Gasteiger partial charge in [-0.2, -0.15) is 0 Å². The van der Waals surface area contributed by atoms with Crippen LogP contribution in [0.15, 0.2) is 41.8 Å². The van der Waals surface area contributed by atoms with Gasteiger partial charge in [0, 0.05) is 25.3 Å². The third-order valence-corrected chi connectivity index (χ3v) is 4.75. The van der Waals surface area contributed by atoms with Crippen molar-refractivity contribution >= 4 is 34.7 Å². The van der Waals surface area contributed by atoms with Crippen LogP contribution in [0.2, 0.25) is 0 Å². The quantitative estimate of drug-likeness (QED) is 0.630. The van der Waals surface area contributed by atoms with Crippen molar-refractivity contribution < 1.29 is 9.59 Å². The molecule has 0 atom stereocenters. The van der Waals surface area contributed by atoms with E-state index in [1.807, 2.05) is 12.1 Å². The van der Waals surface area contributed by atoms with Crippen LogP contribution in [-0.2, 0) is 4.79 Å². The second-order valence-corrected chi connectivity index (χ2v) is 6.36. The summed E-state index contributed by atoms with van der Waals surface area (Å²) in [5, 5.41) is -0.232. The maximum atomic E-state index is 12.1. The van der Waals surface area contributed by atoms with Crippen LogP contribution >= 0.6 is 11.8 Å². The number of benzene rings is 1. The number of hydrogen-bond donors (Lipinski definition) is 0. The van der Waals surface area contributed by atoms with Gasteiger partial charge in [-0.05, 0) is 48.4 Å². The lowest BCUT2D eigenvalue weighted by Crippen LogP contribution is -2.27. The molecular weight excluding hydrogens is 296 g/mol. The predicted molar refractivity (Wildman–Crippen MR) is 90.8 cm³/mol. The van der Waals surface area contributed by atoms with E-state index in [1.54, 1.807) is 12.2 Å². The number of nitrogens with zero attached hydrogens (tertiary/aromatic N) is 2. The van der Waals surface area contributed by atoms with Crippen molar-refractivity contribution in [2.75, 3.05) is 24.5 Å². The van der Waals surface area contributed by atoms with Gasteiger partial charge in [0.05, 0.1) is 4.91 Å². The van der Waals surface area contributed by atoms with Crippen LogP contribution in [0.25, 0.3) is 6.08 Å². The van der Waals surface area contributed by atoms with Crippen LogP contribution in [-0.4, -0.2) is 35.7 Å². The monoisotopic (exact) mass is 314 g/mol. The number of hydrogen-bond acceptors (Lipinski definition) is 4. The third-order valence-electron chi connectivity index (χ3n) is 3.85. The standard InChI is InChI=1S/C17H18N2O2S/c1-2-9-19-16(20)15(22-17(19)21)12-13-5-7-14(8-6-13)18-10-3-4-11-18/h2,5-8,12H,1,3-4,9-11H2/b15-12-. The lowest BCUT2D eigenvalue weighted by molar-refractivity contribution is -0.122. The van der Waals surface area contributed by atoms with Crippen molar-refractivity contribution in [3.05, 3.63) is 47.4 Å². The summed E-state index contributed by atoms with van der Waals surface area (Å²) >= 11 is 0.986. The first-order valence-electron chi connectivity index (χ1n) is 7.40. The molecule has 2 fully saturated rings. The van der Waals surface area contributed by atoms with Gasteiger partial charge in [-0.15, -0.1) is 6.58 Å². The van der Waals surface area contributed by atoms with Crippen molar-refractivity contribution in [2.45, 2.75) is 12.8 Å². The molecule has 2 aliphatic rings. The summed E-state index contributed by atoms with van der Waals surface area (Å²) < 4.78 is 0. The molecule has 2 amide bonds. The Hall–Kier alpha value is -2.01. The molecule has 4 nitrogen and oxygen atoms in total. The molecule has 2 heterocycles. The predicted octanol–water partition coefficient (Wildman–Crippen LogP) is 3.51. The van der Waals surface area contributed by atoms with Gasteiger partial charge in [-0.3, -0.25) is 14.5 Å². The molecule has 0 N–H and O–H groups in total. The van der Waals surface area contributed by atoms with Crippen molar-refractivity contribution in [3.63, 3.8) is 0 Å². The molecule has 1 aromatic carbocycles. The molecule has 1 aromatic rings. The average molecular weight is 314 g/mol. The van der Waals surface area contributed by atoms with Crippen molar-refractivity contribution in [1.29, 1.82) is 0 Å². The maximum Gasteiger partial charge on any atom is 0.293 e. The van der Waals surface area contributed by atoms with E-state index in [-0.39, 0.29) is 17.7 Å². The number of carbonyl (C=O) groups is 2. The van der Waals surface area contributed by atoms with Gasteiger partial charge in [-0.1, -0.05) is 18.2 Å². The van der Waals surface area contributed by atoms with Crippen molar-refractivity contribution in [2.24, 2.45) is 0 Å². The summed E-state index contributed by atoms with van der Waals surface area (Å²) in [5.41, 5.74) is 2.15. The average Bonchev–Trinajstić information content (AvgIpc) is 3.13. The zero-order valence-corrected chi connectivity index (χ0v) is 13.1. The van der Waals surface area contributed by atoms with Gasteiger partial charge in [0.2, 0.25) is 0 Å². The SMILES string of the molecule is C=CCN1C(=O)S/C(=C\c2ccc(N3CCCC3)cc2)C1=O. The van der Waals surface area contributed by atoms with Gasteiger partial charge < -0.3 is 4.90 Å². The topological polar surface area (TPSA) is 40.6 Å². The lowest BCUT2D eigenvalue weighted by Gasteiger charge is -2.17. The van der Waals surface area contributed by atoms with E-state index in [0.717, 1.165) is 30.4 Å². The van der Waals surface area contributed by atoms with Gasteiger partial charge in [0.1, 0.15) is 0 Å². The Bertz CT molecular complexity index is 631. The maximum absolute atomic E-state index is 12.1. The molecule has 2 saturated heterocycles. The Labute approximate surface area is 134 Å². The highest BCUT2D eigenvalue weighted by Gasteiger charge is 2.33. The Morgan fingerprint density at radius 2 is 1.82 bits per heavy atom. The fourth-order valence-electron chi connectivity index (χ4n) is 2.69. The normalized spacial score (nSPS) is 20.3. The molecule has 3 rings (SSSR count). The minimum atomic E-state index is -0.237. The fraction of sp³-hybridized carbons (Fsp3) is 0.294. The van der Waals surface area contributed by atoms with Crippen LogP contribution < -0.4 is 4.90 Å². The Morgan fingerprint density at radius 1 is 1.14 bits per heavy atom. The minimum Gasteiger partial charge on any atom is -0.372 e. The molecule has 0 radical (unpaired) electrons. The second-order valence-electron chi connectivity index (χ2n) is 5.37. The van der Waals surface area contributed by atoms with Crippen LogP contribution in [0.1, 0.15) is 18.4 Å². The largest absolute Gasteiger partial charge is 0.372 e. The summed E-state index contributed by atoms with van der Waals surface area (Å²) in [7, 11) is 0. The van der Waals surface area contributed by atoms with Gasteiger partial charge in [-0.25, -0.2) is 0 Å². The molecule has 0 unspecified atom stereocenters. The molecule has 0 aromatic heterocycles. The number of thioether (sulfide) groups is 1. The molecule has 0 saturated carbocycles. The number of anilines is 1. The van der Waals surface area contributed by atoms with Crippen molar-refractivity contribution in [1.82, 2.24) is 4.90 Å². The van der Waals surface area contributed by atoms with Crippen molar-refractivity contribution in [3.8, 4) is 0 Å². The molecular formula is C17H18N2O2S. The number of imide groups is 1. The second kappa shape index (κ2) is 6.40. The smallest absolute Gasteiger partial charge is 0.293 e. The highest BCUT2D eigenvalue weighted by atomic mass is 32.2. The van der Waals surface area contributed by atoms with Crippen LogP contribution in [0.3, 0.4) is 0 Å². The molecule has 0 spiro atoms. The van der Waals surface area contributed by atoms with Gasteiger partial charge in [0.15, 0.2) is 0 Å². The first-order valence-corrected chi connectivity index (χ1v) is 8.22. The van der Waals surface area contributed by atoms with Crippen LogP contribution in [0, 0.1) is 0 Å². The van der Waals surface area contributed by atoms with E-state index in [2.05, 4.69) is 23.6 Å². The lowest BCUT2D eigenvalue weighted by atomic mass is 10.2. The minimum absolute atomic E-state index is 0.232. The number of rotatable bonds is 4. The summed E-state index contributed by atoms with van der Waals surface area (Å²) in [6.07, 6.45) is 5.84. The highest BCUT2D eigenvalue weighted by Crippen LogP contribution is 2.32. The third kappa shape index (κ3) is 2.95. The van der Waals surface area contributed by atoms with E-state index in [4.69, 9.17) is 0 Å². The molecule has 0 bridgehead atoms. The fourth-order valence-corrected chi connectivity index (χ4v) is 3.54. The van der Waals surface area contributed by atoms with Crippen LogP contribution in [0.4, 0.5) is 10.5 Å². The van der Waals surface area contributed by atoms with E-state index >= 15 is 0 Å². The molecule has 5 heteroatoms. The zero-order chi connectivity index (χ0) is 15.5. The van der Waals surface area contributed by atoms with Gasteiger partial charge >= 0.3 is 0 Å². The van der Waals surface area contributed by atoms with E-state index in [1.165, 1.54) is 23.4 Å². The Balaban J connectivity index is 1.76. The zero-order valence-electron chi connectivity index (χ0n) is 12.3. The van der Waals surface area contributed by atoms with Crippen LogP contribution in [0.5, 0.6) is 0 Å². The Morgan fingerprint density at radius 3 is 2.45 bits per heavy atom. The van der Waals surface area contributed by atoms with E-state index in [0.29, 0.717) is 4.91 Å².